The third-order valence-electron chi connectivity index (χ3n) is 4.48. The highest BCUT2D eigenvalue weighted by atomic mass is 32.2. The highest BCUT2D eigenvalue weighted by molar-refractivity contribution is 7.99. The van der Waals surface area contributed by atoms with Crippen LogP contribution in [0.4, 0.5) is 0 Å². The van der Waals surface area contributed by atoms with Crippen molar-refractivity contribution in [2.45, 2.75) is 24.0 Å². The summed E-state index contributed by atoms with van der Waals surface area (Å²) in [5.41, 5.74) is 1.19. The molecule has 0 bridgehead atoms. The lowest BCUT2D eigenvalue weighted by Crippen LogP contribution is -2.31. The minimum Gasteiger partial charge on any atom is -0.348 e. The molecule has 0 spiro atoms. The van der Waals surface area contributed by atoms with Gasteiger partial charge < -0.3 is 9.88 Å². The van der Waals surface area contributed by atoms with Crippen LogP contribution in [0.2, 0.25) is 0 Å². The number of amides is 1. The molecule has 2 heterocycles. The molecule has 1 atom stereocenters. The van der Waals surface area contributed by atoms with Crippen molar-refractivity contribution in [2.75, 3.05) is 5.75 Å². The average molecular weight is 385 g/mol. The molecule has 2 aromatic heterocycles. The predicted octanol–water partition coefficient (Wildman–Crippen LogP) is 3.90. The minimum absolute atomic E-state index is 0.0384. The molecule has 0 radical (unpaired) electrons. The van der Waals surface area contributed by atoms with Crippen molar-refractivity contribution in [1.29, 1.82) is 0 Å². The maximum Gasteiger partial charge on any atom is 0.230 e. The van der Waals surface area contributed by atoms with E-state index < -0.39 is 0 Å². The summed E-state index contributed by atoms with van der Waals surface area (Å²) in [5, 5.41) is 14.5. The van der Waals surface area contributed by atoms with Gasteiger partial charge in [0.2, 0.25) is 5.91 Å². The van der Waals surface area contributed by atoms with E-state index in [0.717, 1.165) is 15.9 Å². The van der Waals surface area contributed by atoms with Crippen molar-refractivity contribution in [1.82, 2.24) is 20.1 Å². The summed E-state index contributed by atoms with van der Waals surface area (Å²) in [6.45, 7) is 0. The van der Waals surface area contributed by atoms with Crippen LogP contribution in [0, 0.1) is 5.92 Å². The van der Waals surface area contributed by atoms with Crippen LogP contribution in [0.25, 0.3) is 10.7 Å². The smallest absolute Gasteiger partial charge is 0.230 e. The highest BCUT2D eigenvalue weighted by Gasteiger charge is 2.33. The van der Waals surface area contributed by atoms with Gasteiger partial charge in [-0.3, -0.25) is 4.79 Å². The predicted molar refractivity (Wildman–Crippen MR) is 105 cm³/mol. The molecule has 7 heteroatoms. The van der Waals surface area contributed by atoms with Gasteiger partial charge in [0.15, 0.2) is 11.0 Å². The summed E-state index contributed by atoms with van der Waals surface area (Å²) in [6, 6.07) is 14.4. The topological polar surface area (TPSA) is 59.8 Å². The van der Waals surface area contributed by atoms with Crippen LogP contribution in [-0.2, 0) is 11.8 Å². The van der Waals surface area contributed by atoms with Gasteiger partial charge in [0.25, 0.3) is 0 Å². The number of aromatic nitrogens is 3. The zero-order chi connectivity index (χ0) is 17.9. The van der Waals surface area contributed by atoms with Gasteiger partial charge in [-0.1, -0.05) is 48.2 Å². The van der Waals surface area contributed by atoms with Crippen LogP contribution in [-0.4, -0.2) is 26.4 Å². The molecule has 3 aromatic rings. The summed E-state index contributed by atoms with van der Waals surface area (Å²) in [4.78, 5) is 13.6. The molecule has 1 saturated carbocycles. The minimum atomic E-state index is 0.0384. The van der Waals surface area contributed by atoms with Gasteiger partial charge in [0.05, 0.1) is 16.7 Å². The Morgan fingerprint density at radius 3 is 2.77 bits per heavy atom. The number of carbonyl (C=O) groups is 1. The molecular weight excluding hydrogens is 364 g/mol. The zero-order valence-corrected chi connectivity index (χ0v) is 16.1. The SMILES string of the molecule is Cn1c(SCC(=O)NC(c2ccccc2)C2CC2)nnc1-c1cccs1. The Morgan fingerprint density at radius 2 is 2.08 bits per heavy atom. The van der Waals surface area contributed by atoms with E-state index in [1.807, 2.05) is 47.3 Å². The molecule has 26 heavy (non-hydrogen) atoms. The molecule has 0 aliphatic heterocycles. The van der Waals surface area contributed by atoms with E-state index in [1.54, 1.807) is 11.3 Å². The Morgan fingerprint density at radius 1 is 1.27 bits per heavy atom. The van der Waals surface area contributed by atoms with Crippen molar-refractivity contribution in [3.05, 3.63) is 53.4 Å². The first-order valence-corrected chi connectivity index (χ1v) is 10.5. The second-order valence-electron chi connectivity index (χ2n) is 6.42. The number of benzene rings is 1. The largest absolute Gasteiger partial charge is 0.348 e. The van der Waals surface area contributed by atoms with Gasteiger partial charge in [-0.05, 0) is 35.8 Å². The van der Waals surface area contributed by atoms with Gasteiger partial charge in [0.1, 0.15) is 0 Å². The number of hydrogen-bond acceptors (Lipinski definition) is 5. The quantitative estimate of drug-likeness (QED) is 0.628. The zero-order valence-electron chi connectivity index (χ0n) is 14.5. The summed E-state index contributed by atoms with van der Waals surface area (Å²) in [5.74, 6) is 1.78. The Balaban J connectivity index is 1.38. The normalized spacial score (nSPS) is 15.0. The molecule has 5 nitrogen and oxygen atoms in total. The van der Waals surface area contributed by atoms with Crippen molar-refractivity contribution in [3.8, 4) is 10.7 Å². The van der Waals surface area contributed by atoms with E-state index in [4.69, 9.17) is 0 Å². The number of rotatable bonds is 7. The molecule has 134 valence electrons. The maximum atomic E-state index is 12.5. The number of carbonyl (C=O) groups excluding carboxylic acids is 1. The van der Waals surface area contributed by atoms with Crippen LogP contribution in [0.3, 0.4) is 0 Å². The number of nitrogens with one attached hydrogen (secondary N) is 1. The molecule has 1 aliphatic carbocycles. The fourth-order valence-electron chi connectivity index (χ4n) is 2.97. The Kier molecular flexibility index (Phi) is 5.08. The first-order valence-electron chi connectivity index (χ1n) is 8.63. The standard InChI is InChI=1S/C19H20N4OS2/c1-23-18(15-8-5-11-25-15)21-22-19(23)26-12-16(24)20-17(14-9-10-14)13-6-3-2-4-7-13/h2-8,11,14,17H,9-10,12H2,1H3,(H,20,24). The fourth-order valence-corrected chi connectivity index (χ4v) is 4.44. The molecular formula is C19H20N4OS2. The van der Waals surface area contributed by atoms with E-state index in [1.165, 1.54) is 30.2 Å². The number of nitrogens with zero attached hydrogens (tertiary/aromatic N) is 3. The van der Waals surface area contributed by atoms with Crippen molar-refractivity contribution in [2.24, 2.45) is 13.0 Å². The molecule has 1 fully saturated rings. The van der Waals surface area contributed by atoms with Crippen molar-refractivity contribution < 1.29 is 4.79 Å². The van der Waals surface area contributed by atoms with Crippen molar-refractivity contribution in [3.63, 3.8) is 0 Å². The van der Waals surface area contributed by atoms with Gasteiger partial charge in [-0.15, -0.1) is 21.5 Å². The second-order valence-corrected chi connectivity index (χ2v) is 8.31. The highest BCUT2D eigenvalue weighted by Crippen LogP contribution is 2.41. The Labute approximate surface area is 160 Å². The molecule has 1 aromatic carbocycles. The summed E-state index contributed by atoms with van der Waals surface area (Å²) < 4.78 is 1.94. The Hall–Kier alpha value is -2.12. The lowest BCUT2D eigenvalue weighted by molar-refractivity contribution is -0.119. The lowest BCUT2D eigenvalue weighted by Gasteiger charge is -2.18. The molecule has 4 rings (SSSR count). The number of thioether (sulfide) groups is 1. The average Bonchev–Trinajstić information content (AvgIpc) is 3.23. The van der Waals surface area contributed by atoms with E-state index in [0.29, 0.717) is 11.7 Å². The number of thiophene rings is 1. The van der Waals surface area contributed by atoms with Gasteiger partial charge in [0, 0.05) is 7.05 Å². The summed E-state index contributed by atoms with van der Waals surface area (Å²) in [7, 11) is 1.94. The molecule has 1 unspecified atom stereocenters. The lowest BCUT2D eigenvalue weighted by atomic mass is 10.0. The molecule has 0 saturated heterocycles. The summed E-state index contributed by atoms with van der Waals surface area (Å²) >= 11 is 3.06. The van der Waals surface area contributed by atoms with Gasteiger partial charge in [-0.2, -0.15) is 0 Å². The number of hydrogen-bond donors (Lipinski definition) is 1. The van der Waals surface area contributed by atoms with Crippen LogP contribution >= 0.6 is 23.1 Å². The molecule has 1 aliphatic rings. The fraction of sp³-hybridized carbons (Fsp3) is 0.316. The monoisotopic (exact) mass is 384 g/mol. The van der Waals surface area contributed by atoms with Crippen LogP contribution < -0.4 is 5.32 Å². The molecule has 1 N–H and O–H groups in total. The third kappa shape index (κ3) is 3.83. The third-order valence-corrected chi connectivity index (χ3v) is 6.36. The van der Waals surface area contributed by atoms with Crippen molar-refractivity contribution >= 4 is 29.0 Å². The second kappa shape index (κ2) is 7.63. The van der Waals surface area contributed by atoms with Crippen LogP contribution in [0.1, 0.15) is 24.4 Å². The van der Waals surface area contributed by atoms with Crippen LogP contribution in [0.15, 0.2) is 53.0 Å². The molecule has 1 amide bonds. The van der Waals surface area contributed by atoms with E-state index in [-0.39, 0.29) is 11.9 Å². The van der Waals surface area contributed by atoms with E-state index in [2.05, 4.69) is 27.6 Å². The summed E-state index contributed by atoms with van der Waals surface area (Å²) in [6.07, 6.45) is 2.36. The van der Waals surface area contributed by atoms with Gasteiger partial charge >= 0.3 is 0 Å². The van der Waals surface area contributed by atoms with E-state index >= 15 is 0 Å². The van der Waals surface area contributed by atoms with Gasteiger partial charge in [-0.25, -0.2) is 0 Å². The Bertz CT molecular complexity index is 872. The van der Waals surface area contributed by atoms with Crippen LogP contribution in [0.5, 0.6) is 0 Å². The maximum absolute atomic E-state index is 12.5. The first kappa shape index (κ1) is 17.3. The van der Waals surface area contributed by atoms with E-state index in [9.17, 15) is 4.79 Å². The first-order chi connectivity index (χ1) is 12.7.